The number of nitrogens with zero attached hydrogens (tertiary/aromatic N) is 2. The number of thiazole rings is 1. The quantitative estimate of drug-likeness (QED) is 0.775. The van der Waals surface area contributed by atoms with Crippen LogP contribution in [0.2, 0.25) is 5.02 Å². The molecule has 90 valence electrons. The van der Waals surface area contributed by atoms with Crippen molar-refractivity contribution in [1.29, 1.82) is 0 Å². The van der Waals surface area contributed by atoms with Crippen LogP contribution in [-0.4, -0.2) is 12.0 Å². The minimum absolute atomic E-state index is 0.775. The molecule has 0 saturated heterocycles. The Morgan fingerprint density at radius 1 is 1.47 bits per heavy atom. The number of aromatic nitrogens is 1. The molecule has 0 aliphatic heterocycles. The molecule has 0 unspecified atom stereocenters. The molecular weight excluding hydrogens is 320 g/mol. The van der Waals surface area contributed by atoms with Crippen molar-refractivity contribution in [3.63, 3.8) is 0 Å². The van der Waals surface area contributed by atoms with Gasteiger partial charge in [-0.25, -0.2) is 4.98 Å². The molecule has 0 radical (unpaired) electrons. The Bertz CT molecular complexity index is 487. The molecule has 0 atom stereocenters. The van der Waals surface area contributed by atoms with Gasteiger partial charge in [-0.1, -0.05) is 33.6 Å². The molecule has 5 heteroatoms. The highest BCUT2D eigenvalue weighted by molar-refractivity contribution is 9.08. The van der Waals surface area contributed by atoms with E-state index in [1.165, 1.54) is 5.56 Å². The summed E-state index contributed by atoms with van der Waals surface area (Å²) in [4.78, 5) is 6.38. The van der Waals surface area contributed by atoms with Crippen molar-refractivity contribution >= 4 is 44.6 Å². The van der Waals surface area contributed by atoms with Crippen molar-refractivity contribution in [3.05, 3.63) is 45.4 Å². The van der Waals surface area contributed by atoms with Crippen molar-refractivity contribution in [2.75, 3.05) is 11.9 Å². The fourth-order valence-corrected chi connectivity index (χ4v) is 2.83. The number of hydrogen-bond acceptors (Lipinski definition) is 3. The molecule has 2 rings (SSSR count). The molecule has 0 aliphatic carbocycles. The lowest BCUT2D eigenvalue weighted by molar-refractivity contribution is 0.895. The van der Waals surface area contributed by atoms with Gasteiger partial charge in [0.1, 0.15) is 0 Å². The first kappa shape index (κ1) is 12.9. The lowest BCUT2D eigenvalue weighted by Crippen LogP contribution is -2.16. The number of hydrogen-bond donors (Lipinski definition) is 0. The van der Waals surface area contributed by atoms with Crippen LogP contribution >= 0.6 is 38.9 Å². The third-order valence-corrected chi connectivity index (χ3v) is 4.05. The van der Waals surface area contributed by atoms with E-state index in [2.05, 4.69) is 37.3 Å². The summed E-state index contributed by atoms with van der Waals surface area (Å²) in [5.41, 5.74) is 5.13. The Hall–Kier alpha value is -0.580. The second kappa shape index (κ2) is 5.85. The number of anilines is 1. The summed E-state index contributed by atoms with van der Waals surface area (Å²) >= 11 is 11.3. The van der Waals surface area contributed by atoms with Gasteiger partial charge in [0, 0.05) is 17.8 Å². The minimum Gasteiger partial charge on any atom is -0.367 e. The zero-order chi connectivity index (χ0) is 12.3. The first-order chi connectivity index (χ1) is 8.20. The van der Waals surface area contributed by atoms with E-state index >= 15 is 0 Å². The molecule has 1 heterocycles. The Morgan fingerprint density at radius 3 is 2.88 bits per heavy atom. The van der Waals surface area contributed by atoms with Crippen LogP contribution in [0, 0.1) is 0 Å². The van der Waals surface area contributed by atoms with Gasteiger partial charge in [0.05, 0.1) is 28.5 Å². The molecule has 1 aromatic carbocycles. The predicted octanol–water partition coefficient (Wildman–Crippen LogP) is 4.33. The van der Waals surface area contributed by atoms with Crippen molar-refractivity contribution in [3.8, 4) is 0 Å². The minimum atomic E-state index is 0.775. The molecule has 2 aromatic rings. The first-order valence-electron chi connectivity index (χ1n) is 5.13. The first-order valence-corrected chi connectivity index (χ1v) is 7.57. The van der Waals surface area contributed by atoms with Crippen LogP contribution in [0.15, 0.2) is 29.1 Å². The number of halogens is 2. The van der Waals surface area contributed by atoms with E-state index < -0.39 is 0 Å². The number of alkyl halides is 1. The maximum absolute atomic E-state index is 6.26. The monoisotopic (exact) mass is 330 g/mol. The molecule has 0 bridgehead atoms. The zero-order valence-electron chi connectivity index (χ0n) is 9.36. The van der Waals surface area contributed by atoms with Crippen LogP contribution in [0.25, 0.3) is 0 Å². The molecule has 17 heavy (non-hydrogen) atoms. The van der Waals surface area contributed by atoms with Gasteiger partial charge in [-0.05, 0) is 17.7 Å². The van der Waals surface area contributed by atoms with Gasteiger partial charge in [0.25, 0.3) is 0 Å². The molecule has 2 nitrogen and oxygen atoms in total. The fourth-order valence-electron chi connectivity index (χ4n) is 1.59. The van der Waals surface area contributed by atoms with Crippen molar-refractivity contribution in [1.82, 2.24) is 4.98 Å². The van der Waals surface area contributed by atoms with Gasteiger partial charge in [0.15, 0.2) is 0 Å². The summed E-state index contributed by atoms with van der Waals surface area (Å²) in [6, 6.07) is 6.11. The van der Waals surface area contributed by atoms with Gasteiger partial charge in [-0.15, -0.1) is 11.3 Å². The molecule has 0 saturated carbocycles. The third kappa shape index (κ3) is 3.21. The van der Waals surface area contributed by atoms with E-state index in [0.29, 0.717) is 0 Å². The Labute approximate surface area is 118 Å². The average molecular weight is 332 g/mol. The van der Waals surface area contributed by atoms with E-state index in [1.54, 1.807) is 11.3 Å². The summed E-state index contributed by atoms with van der Waals surface area (Å²) in [6.45, 7) is 0.775. The normalized spacial score (nSPS) is 10.5. The number of benzene rings is 1. The smallest absolute Gasteiger partial charge is 0.0795 e. The Kier molecular flexibility index (Phi) is 4.42. The fraction of sp³-hybridized carbons (Fsp3) is 0.250. The van der Waals surface area contributed by atoms with Crippen LogP contribution < -0.4 is 4.90 Å². The van der Waals surface area contributed by atoms with Crippen LogP contribution in [0.1, 0.15) is 11.3 Å². The molecule has 0 aliphatic rings. The van der Waals surface area contributed by atoms with Crippen LogP contribution in [-0.2, 0) is 11.9 Å². The molecule has 1 aromatic heterocycles. The summed E-state index contributed by atoms with van der Waals surface area (Å²) in [5.74, 6) is 0. The van der Waals surface area contributed by atoms with E-state index in [1.807, 2.05) is 24.7 Å². The Balaban J connectivity index is 2.16. The SMILES string of the molecule is CN(Cc1cscn1)c1ccc(CBr)cc1Cl. The van der Waals surface area contributed by atoms with E-state index in [-0.39, 0.29) is 0 Å². The van der Waals surface area contributed by atoms with Gasteiger partial charge in [-0.3, -0.25) is 0 Å². The second-order valence-electron chi connectivity index (χ2n) is 3.76. The summed E-state index contributed by atoms with van der Waals surface area (Å²) in [5, 5.41) is 3.65. The van der Waals surface area contributed by atoms with Crippen LogP contribution in [0.5, 0.6) is 0 Å². The van der Waals surface area contributed by atoms with Crippen molar-refractivity contribution in [2.45, 2.75) is 11.9 Å². The average Bonchev–Trinajstić information content (AvgIpc) is 2.81. The number of rotatable bonds is 4. The summed E-state index contributed by atoms with van der Waals surface area (Å²) in [7, 11) is 2.02. The molecule has 0 fully saturated rings. The molecule has 0 amide bonds. The lowest BCUT2D eigenvalue weighted by Gasteiger charge is -2.19. The maximum Gasteiger partial charge on any atom is 0.0795 e. The van der Waals surface area contributed by atoms with Gasteiger partial charge in [-0.2, -0.15) is 0 Å². The van der Waals surface area contributed by atoms with Gasteiger partial charge >= 0.3 is 0 Å². The predicted molar refractivity (Wildman–Crippen MR) is 78.3 cm³/mol. The topological polar surface area (TPSA) is 16.1 Å². The second-order valence-corrected chi connectivity index (χ2v) is 5.44. The van der Waals surface area contributed by atoms with Gasteiger partial charge < -0.3 is 4.90 Å². The molecule has 0 N–H and O–H groups in total. The van der Waals surface area contributed by atoms with Crippen molar-refractivity contribution < 1.29 is 0 Å². The van der Waals surface area contributed by atoms with Crippen LogP contribution in [0.4, 0.5) is 5.69 Å². The standard InChI is InChI=1S/C12H12BrClN2S/c1-16(6-10-7-17-8-15-10)12-3-2-9(5-13)4-11(12)14/h2-4,7-8H,5-6H2,1H3. The molecular formula is C12H12BrClN2S. The highest BCUT2D eigenvalue weighted by atomic mass is 79.9. The highest BCUT2D eigenvalue weighted by Crippen LogP contribution is 2.27. The van der Waals surface area contributed by atoms with E-state index in [4.69, 9.17) is 11.6 Å². The summed E-state index contributed by atoms with van der Waals surface area (Å²) in [6.07, 6.45) is 0. The molecule has 0 spiro atoms. The van der Waals surface area contributed by atoms with E-state index in [0.717, 1.165) is 28.3 Å². The Morgan fingerprint density at radius 2 is 2.29 bits per heavy atom. The summed E-state index contributed by atoms with van der Waals surface area (Å²) < 4.78 is 0. The van der Waals surface area contributed by atoms with Crippen molar-refractivity contribution in [2.24, 2.45) is 0 Å². The van der Waals surface area contributed by atoms with E-state index in [9.17, 15) is 0 Å². The van der Waals surface area contributed by atoms with Crippen LogP contribution in [0.3, 0.4) is 0 Å². The lowest BCUT2D eigenvalue weighted by atomic mass is 10.2. The maximum atomic E-state index is 6.26. The zero-order valence-corrected chi connectivity index (χ0v) is 12.5. The highest BCUT2D eigenvalue weighted by Gasteiger charge is 2.08. The third-order valence-electron chi connectivity index (χ3n) is 2.46. The largest absolute Gasteiger partial charge is 0.367 e. The van der Waals surface area contributed by atoms with Gasteiger partial charge in [0.2, 0.25) is 0 Å².